The Bertz CT molecular complexity index is 1200. The van der Waals surface area contributed by atoms with Crippen molar-refractivity contribution in [1.82, 2.24) is 4.90 Å². The number of esters is 1. The largest absolute Gasteiger partial charge is 0.467 e. The highest BCUT2D eigenvalue weighted by atomic mass is 16.5. The molecule has 4 rings (SSSR count). The van der Waals surface area contributed by atoms with Crippen LogP contribution >= 0.6 is 0 Å². The van der Waals surface area contributed by atoms with Gasteiger partial charge in [-0.05, 0) is 62.4 Å². The predicted octanol–water partition coefficient (Wildman–Crippen LogP) is 3.74. The highest BCUT2D eigenvalue weighted by Crippen LogP contribution is 2.28. The van der Waals surface area contributed by atoms with E-state index in [9.17, 15) is 19.2 Å². The van der Waals surface area contributed by atoms with Gasteiger partial charge in [0.05, 0.1) is 37.1 Å². The minimum Gasteiger partial charge on any atom is -0.467 e. The van der Waals surface area contributed by atoms with Gasteiger partial charge >= 0.3 is 5.97 Å². The predicted molar refractivity (Wildman–Crippen MR) is 123 cm³/mol. The molecule has 1 saturated heterocycles. The molecular formula is C26H24N2O6. The molecule has 1 aliphatic rings. The van der Waals surface area contributed by atoms with E-state index in [-0.39, 0.29) is 25.5 Å². The van der Waals surface area contributed by atoms with E-state index in [1.54, 1.807) is 31.2 Å². The number of anilines is 1. The molecule has 3 aromatic rings. The van der Waals surface area contributed by atoms with Gasteiger partial charge in [0.2, 0.25) is 5.91 Å². The van der Waals surface area contributed by atoms with Gasteiger partial charge < -0.3 is 14.1 Å². The highest BCUT2D eigenvalue weighted by Gasteiger charge is 2.44. The van der Waals surface area contributed by atoms with Crippen LogP contribution in [-0.2, 0) is 20.9 Å². The van der Waals surface area contributed by atoms with Gasteiger partial charge in [0, 0.05) is 5.56 Å². The number of nitrogens with zero attached hydrogens (tertiary/aromatic N) is 2. The SMILES string of the molecule is CCOC(=O)c1ccc(N2C(=O)CC(N(Cc3ccco3)C(=O)c3ccc(C)cc3)C2=O)cc1. The van der Waals surface area contributed by atoms with Crippen molar-refractivity contribution in [3.8, 4) is 0 Å². The molecule has 0 spiro atoms. The molecule has 1 aliphatic heterocycles. The van der Waals surface area contributed by atoms with Crippen molar-refractivity contribution in [2.75, 3.05) is 11.5 Å². The third-order valence-corrected chi connectivity index (χ3v) is 5.60. The number of hydrogen-bond donors (Lipinski definition) is 0. The average Bonchev–Trinajstić information content (AvgIpc) is 3.45. The Morgan fingerprint density at radius 2 is 1.71 bits per heavy atom. The first-order valence-corrected chi connectivity index (χ1v) is 10.9. The van der Waals surface area contributed by atoms with Crippen molar-refractivity contribution >= 4 is 29.4 Å². The number of aryl methyl sites for hydroxylation is 1. The van der Waals surface area contributed by atoms with Gasteiger partial charge in [-0.15, -0.1) is 0 Å². The van der Waals surface area contributed by atoms with Crippen molar-refractivity contribution in [1.29, 1.82) is 0 Å². The minimum atomic E-state index is -0.990. The number of ether oxygens (including phenoxy) is 1. The molecule has 8 heteroatoms. The van der Waals surface area contributed by atoms with E-state index >= 15 is 0 Å². The first-order valence-electron chi connectivity index (χ1n) is 10.9. The zero-order valence-electron chi connectivity index (χ0n) is 18.9. The first-order chi connectivity index (χ1) is 16.4. The van der Waals surface area contributed by atoms with Gasteiger partial charge in [-0.3, -0.25) is 14.4 Å². The lowest BCUT2D eigenvalue weighted by atomic mass is 10.1. The smallest absolute Gasteiger partial charge is 0.338 e. The van der Waals surface area contributed by atoms with Crippen LogP contribution in [0, 0.1) is 6.92 Å². The average molecular weight is 460 g/mol. The van der Waals surface area contributed by atoms with Crippen molar-refractivity contribution < 1.29 is 28.3 Å². The zero-order chi connectivity index (χ0) is 24.2. The fraction of sp³-hybridized carbons (Fsp3) is 0.231. The fourth-order valence-corrected chi connectivity index (χ4v) is 3.85. The normalized spacial score (nSPS) is 15.5. The Kier molecular flexibility index (Phi) is 6.58. The molecule has 174 valence electrons. The third-order valence-electron chi connectivity index (χ3n) is 5.60. The molecule has 34 heavy (non-hydrogen) atoms. The van der Waals surface area contributed by atoms with Crippen molar-refractivity contribution in [2.45, 2.75) is 32.9 Å². The summed E-state index contributed by atoms with van der Waals surface area (Å²) in [5, 5.41) is 0. The van der Waals surface area contributed by atoms with E-state index in [0.717, 1.165) is 10.5 Å². The molecular weight excluding hydrogens is 436 g/mol. The monoisotopic (exact) mass is 460 g/mol. The molecule has 0 N–H and O–H groups in total. The van der Waals surface area contributed by atoms with Crippen LogP contribution in [0.2, 0.25) is 0 Å². The summed E-state index contributed by atoms with van der Waals surface area (Å²) in [7, 11) is 0. The third kappa shape index (κ3) is 4.61. The van der Waals surface area contributed by atoms with Crippen LogP contribution < -0.4 is 4.90 Å². The molecule has 2 aromatic carbocycles. The van der Waals surface area contributed by atoms with E-state index in [4.69, 9.17) is 9.15 Å². The molecule has 8 nitrogen and oxygen atoms in total. The Balaban J connectivity index is 1.61. The van der Waals surface area contributed by atoms with E-state index in [0.29, 0.717) is 22.6 Å². The van der Waals surface area contributed by atoms with Crippen molar-refractivity contribution in [3.05, 3.63) is 89.4 Å². The van der Waals surface area contributed by atoms with Crippen molar-refractivity contribution in [3.63, 3.8) is 0 Å². The zero-order valence-corrected chi connectivity index (χ0v) is 18.9. The molecule has 1 aromatic heterocycles. The molecule has 1 unspecified atom stereocenters. The van der Waals surface area contributed by atoms with Crippen LogP contribution in [0.1, 0.15) is 45.4 Å². The second kappa shape index (κ2) is 9.74. The van der Waals surface area contributed by atoms with Crippen molar-refractivity contribution in [2.24, 2.45) is 0 Å². The Hall–Kier alpha value is -4.20. The number of amides is 3. The molecule has 0 bridgehead atoms. The molecule has 0 radical (unpaired) electrons. The van der Waals surface area contributed by atoms with Gasteiger partial charge in [-0.1, -0.05) is 17.7 Å². The fourth-order valence-electron chi connectivity index (χ4n) is 3.85. The maximum absolute atomic E-state index is 13.4. The summed E-state index contributed by atoms with van der Waals surface area (Å²) in [6.45, 7) is 3.91. The Morgan fingerprint density at radius 1 is 1.03 bits per heavy atom. The minimum absolute atomic E-state index is 0.0407. The summed E-state index contributed by atoms with van der Waals surface area (Å²) in [6.07, 6.45) is 1.33. The van der Waals surface area contributed by atoms with Crippen LogP contribution in [0.25, 0.3) is 0 Å². The van der Waals surface area contributed by atoms with Gasteiger partial charge in [0.25, 0.3) is 11.8 Å². The van der Waals surface area contributed by atoms with Crippen LogP contribution in [-0.4, -0.2) is 41.2 Å². The molecule has 0 aliphatic carbocycles. The summed E-state index contributed by atoms with van der Waals surface area (Å²) in [4.78, 5) is 54.0. The van der Waals surface area contributed by atoms with E-state index in [2.05, 4.69) is 0 Å². The van der Waals surface area contributed by atoms with Crippen LogP contribution in [0.4, 0.5) is 5.69 Å². The highest BCUT2D eigenvalue weighted by molar-refractivity contribution is 6.23. The standard InChI is InChI=1S/C26H24N2O6/c1-3-33-26(32)19-10-12-20(13-11-19)28-23(29)15-22(25(28)31)27(16-21-5-4-14-34-21)24(30)18-8-6-17(2)7-9-18/h4-14,22H,3,15-16H2,1-2H3. The van der Waals surface area contributed by atoms with Crippen LogP contribution in [0.15, 0.2) is 71.3 Å². The Labute approximate surface area is 196 Å². The summed E-state index contributed by atoms with van der Waals surface area (Å²) in [5.41, 5.74) is 2.05. The number of benzene rings is 2. The number of carbonyl (C=O) groups excluding carboxylic acids is 4. The van der Waals surface area contributed by atoms with E-state index in [1.807, 2.05) is 19.1 Å². The first kappa shape index (κ1) is 23.0. The second-order valence-corrected chi connectivity index (χ2v) is 7.93. The van der Waals surface area contributed by atoms with Crippen LogP contribution in [0.5, 0.6) is 0 Å². The Morgan fingerprint density at radius 3 is 2.32 bits per heavy atom. The van der Waals surface area contributed by atoms with Gasteiger partial charge in [0.15, 0.2) is 0 Å². The quantitative estimate of drug-likeness (QED) is 0.394. The lowest BCUT2D eigenvalue weighted by Gasteiger charge is -2.27. The maximum Gasteiger partial charge on any atom is 0.338 e. The lowest BCUT2D eigenvalue weighted by molar-refractivity contribution is -0.122. The molecule has 1 fully saturated rings. The van der Waals surface area contributed by atoms with Gasteiger partial charge in [-0.25, -0.2) is 9.69 Å². The summed E-state index contributed by atoms with van der Waals surface area (Å²) >= 11 is 0. The van der Waals surface area contributed by atoms with E-state index in [1.165, 1.54) is 35.4 Å². The van der Waals surface area contributed by atoms with E-state index < -0.39 is 23.8 Å². The maximum atomic E-state index is 13.4. The van der Waals surface area contributed by atoms with Crippen LogP contribution in [0.3, 0.4) is 0 Å². The summed E-state index contributed by atoms with van der Waals surface area (Å²) in [6, 6.07) is 15.5. The second-order valence-electron chi connectivity index (χ2n) is 7.93. The molecule has 0 saturated carbocycles. The lowest BCUT2D eigenvalue weighted by Crippen LogP contribution is -2.45. The number of carbonyl (C=O) groups is 4. The summed E-state index contributed by atoms with van der Waals surface area (Å²) in [5.74, 6) is -1.31. The van der Waals surface area contributed by atoms with Gasteiger partial charge in [-0.2, -0.15) is 0 Å². The topological polar surface area (TPSA) is 97.1 Å². The number of rotatable bonds is 7. The molecule has 3 amide bonds. The summed E-state index contributed by atoms with van der Waals surface area (Å²) < 4.78 is 10.4. The number of imide groups is 1. The number of furan rings is 1. The molecule has 1 atom stereocenters. The number of hydrogen-bond acceptors (Lipinski definition) is 6. The molecule has 2 heterocycles. The van der Waals surface area contributed by atoms with Gasteiger partial charge in [0.1, 0.15) is 11.8 Å².